The molecule has 5 nitrogen and oxygen atoms in total. The number of aromatic amines is 1. The quantitative estimate of drug-likeness (QED) is 0.898. The Kier molecular flexibility index (Phi) is 4.40. The minimum atomic E-state index is -0.375. The average Bonchev–Trinajstić information content (AvgIpc) is 2.41. The highest BCUT2D eigenvalue weighted by atomic mass is 16.5. The third-order valence-electron chi connectivity index (χ3n) is 3.08. The molecule has 0 radical (unpaired) electrons. The van der Waals surface area contributed by atoms with Crippen molar-refractivity contribution in [3.05, 3.63) is 62.4 Å². The van der Waals surface area contributed by atoms with E-state index in [9.17, 15) is 9.59 Å². The van der Waals surface area contributed by atoms with Crippen molar-refractivity contribution >= 4 is 0 Å². The van der Waals surface area contributed by atoms with Gasteiger partial charge in [-0.3, -0.25) is 9.78 Å². The smallest absolute Gasteiger partial charge is 0.328 e. The van der Waals surface area contributed by atoms with Crippen molar-refractivity contribution in [2.24, 2.45) is 0 Å². The molecule has 2 aromatic rings. The van der Waals surface area contributed by atoms with Gasteiger partial charge in [0.1, 0.15) is 5.75 Å². The molecule has 0 unspecified atom stereocenters. The summed E-state index contributed by atoms with van der Waals surface area (Å²) in [5.41, 5.74) is 1.46. The number of aromatic nitrogens is 2. The molecule has 1 N–H and O–H groups in total. The molecule has 2 rings (SSSR count). The Bertz CT molecular complexity index is 701. The Morgan fingerprint density at radius 3 is 2.70 bits per heavy atom. The highest BCUT2D eigenvalue weighted by Crippen LogP contribution is 2.19. The summed E-state index contributed by atoms with van der Waals surface area (Å²) < 4.78 is 6.99. The monoisotopic (exact) mass is 274 g/mol. The predicted molar refractivity (Wildman–Crippen MR) is 77.4 cm³/mol. The van der Waals surface area contributed by atoms with E-state index in [0.717, 1.165) is 23.3 Å². The van der Waals surface area contributed by atoms with Gasteiger partial charge in [0.25, 0.3) is 5.56 Å². The zero-order valence-electron chi connectivity index (χ0n) is 11.7. The van der Waals surface area contributed by atoms with Crippen LogP contribution in [0.4, 0.5) is 0 Å². The fourth-order valence-electron chi connectivity index (χ4n) is 2.05. The van der Waals surface area contributed by atoms with Crippen LogP contribution >= 0.6 is 0 Å². The van der Waals surface area contributed by atoms with Crippen molar-refractivity contribution in [2.75, 3.05) is 6.61 Å². The third-order valence-corrected chi connectivity index (χ3v) is 3.08. The summed E-state index contributed by atoms with van der Waals surface area (Å²) in [4.78, 5) is 24.8. The van der Waals surface area contributed by atoms with E-state index in [4.69, 9.17) is 4.74 Å². The minimum absolute atomic E-state index is 0.372. The van der Waals surface area contributed by atoms with E-state index in [1.54, 1.807) is 0 Å². The number of H-pyrrole nitrogens is 1. The molecule has 0 aliphatic heterocycles. The van der Waals surface area contributed by atoms with Gasteiger partial charge in [-0.05, 0) is 37.5 Å². The molecule has 0 saturated heterocycles. The number of benzene rings is 1. The van der Waals surface area contributed by atoms with Crippen LogP contribution in [0.1, 0.15) is 18.1 Å². The first kappa shape index (κ1) is 14.1. The molecule has 0 aliphatic rings. The lowest BCUT2D eigenvalue weighted by atomic mass is 10.1. The van der Waals surface area contributed by atoms with E-state index < -0.39 is 0 Å². The molecule has 106 valence electrons. The van der Waals surface area contributed by atoms with Crippen LogP contribution in [0.2, 0.25) is 0 Å². The number of hydrogen-bond acceptors (Lipinski definition) is 3. The van der Waals surface area contributed by atoms with Crippen molar-refractivity contribution in [3.8, 4) is 5.75 Å². The summed E-state index contributed by atoms with van der Waals surface area (Å²) in [5, 5.41) is 0. The second-order valence-corrected chi connectivity index (χ2v) is 4.59. The van der Waals surface area contributed by atoms with Crippen LogP contribution in [-0.2, 0) is 13.0 Å². The summed E-state index contributed by atoms with van der Waals surface area (Å²) >= 11 is 0. The summed E-state index contributed by atoms with van der Waals surface area (Å²) in [6.07, 6.45) is 2.24. The molecule has 1 aromatic heterocycles. The van der Waals surface area contributed by atoms with Gasteiger partial charge >= 0.3 is 5.69 Å². The van der Waals surface area contributed by atoms with Crippen LogP contribution in [0, 0.1) is 6.92 Å². The highest BCUT2D eigenvalue weighted by molar-refractivity contribution is 5.36. The van der Waals surface area contributed by atoms with Crippen LogP contribution in [0.15, 0.2) is 40.1 Å². The standard InChI is InChI=1S/C15H18N2O3/c1-3-20-13-5-4-12(10-11(13)2)6-8-17-9-7-14(18)16-15(17)19/h4-5,7,9-10H,3,6,8H2,1-2H3,(H,16,18,19). The molecule has 1 heterocycles. The van der Waals surface area contributed by atoms with Gasteiger partial charge in [0, 0.05) is 18.8 Å². The largest absolute Gasteiger partial charge is 0.494 e. The number of nitrogens with one attached hydrogen (secondary N) is 1. The van der Waals surface area contributed by atoms with Gasteiger partial charge in [0.15, 0.2) is 0 Å². The zero-order valence-corrected chi connectivity index (χ0v) is 11.7. The zero-order chi connectivity index (χ0) is 14.5. The Balaban J connectivity index is 2.09. The first-order valence-corrected chi connectivity index (χ1v) is 6.62. The molecule has 0 spiro atoms. The second-order valence-electron chi connectivity index (χ2n) is 4.59. The molecular formula is C15H18N2O3. The van der Waals surface area contributed by atoms with E-state index in [1.165, 1.54) is 16.8 Å². The average molecular weight is 274 g/mol. The van der Waals surface area contributed by atoms with Crippen molar-refractivity contribution < 1.29 is 4.74 Å². The Morgan fingerprint density at radius 1 is 1.25 bits per heavy atom. The number of ether oxygens (including phenoxy) is 1. The molecule has 0 amide bonds. The molecule has 0 atom stereocenters. The number of hydrogen-bond donors (Lipinski definition) is 1. The van der Waals surface area contributed by atoms with Gasteiger partial charge in [-0.2, -0.15) is 0 Å². The molecule has 0 aliphatic carbocycles. The Hall–Kier alpha value is -2.30. The van der Waals surface area contributed by atoms with Crippen LogP contribution in [0.5, 0.6) is 5.75 Å². The minimum Gasteiger partial charge on any atom is -0.494 e. The van der Waals surface area contributed by atoms with Crippen molar-refractivity contribution in [1.29, 1.82) is 0 Å². The van der Waals surface area contributed by atoms with E-state index >= 15 is 0 Å². The molecule has 20 heavy (non-hydrogen) atoms. The van der Waals surface area contributed by atoms with Crippen LogP contribution in [0.25, 0.3) is 0 Å². The van der Waals surface area contributed by atoms with Gasteiger partial charge in [-0.25, -0.2) is 4.79 Å². The van der Waals surface area contributed by atoms with Crippen molar-refractivity contribution in [2.45, 2.75) is 26.8 Å². The van der Waals surface area contributed by atoms with Gasteiger partial charge in [-0.15, -0.1) is 0 Å². The van der Waals surface area contributed by atoms with Gasteiger partial charge < -0.3 is 9.30 Å². The normalized spacial score (nSPS) is 10.5. The maximum atomic E-state index is 11.6. The Labute approximate surface area is 116 Å². The van der Waals surface area contributed by atoms with Gasteiger partial charge in [-0.1, -0.05) is 12.1 Å². The van der Waals surface area contributed by atoms with E-state index in [0.29, 0.717) is 13.2 Å². The first-order chi connectivity index (χ1) is 9.60. The Morgan fingerprint density at radius 2 is 2.05 bits per heavy atom. The lowest BCUT2D eigenvalue weighted by Gasteiger charge is -2.09. The van der Waals surface area contributed by atoms with Gasteiger partial charge in [0.2, 0.25) is 0 Å². The number of nitrogens with zero attached hydrogens (tertiary/aromatic N) is 1. The fraction of sp³-hybridized carbons (Fsp3) is 0.333. The fourth-order valence-corrected chi connectivity index (χ4v) is 2.05. The predicted octanol–water partition coefficient (Wildman–Crippen LogP) is 1.49. The summed E-state index contributed by atoms with van der Waals surface area (Å²) in [6, 6.07) is 7.35. The van der Waals surface area contributed by atoms with E-state index in [-0.39, 0.29) is 11.2 Å². The van der Waals surface area contributed by atoms with Gasteiger partial charge in [0.05, 0.1) is 6.61 Å². The van der Waals surface area contributed by atoms with Crippen LogP contribution in [-0.4, -0.2) is 16.2 Å². The highest BCUT2D eigenvalue weighted by Gasteiger charge is 2.02. The topological polar surface area (TPSA) is 64.1 Å². The first-order valence-electron chi connectivity index (χ1n) is 6.62. The maximum absolute atomic E-state index is 11.6. The van der Waals surface area contributed by atoms with Crippen LogP contribution in [0.3, 0.4) is 0 Å². The van der Waals surface area contributed by atoms with E-state index in [1.807, 2.05) is 26.0 Å². The molecular weight excluding hydrogens is 256 g/mol. The molecule has 0 bridgehead atoms. The summed E-state index contributed by atoms with van der Waals surface area (Å²) in [6.45, 7) is 5.13. The molecule has 0 saturated carbocycles. The molecule has 5 heteroatoms. The third kappa shape index (κ3) is 3.38. The van der Waals surface area contributed by atoms with Crippen LogP contribution < -0.4 is 16.0 Å². The summed E-state index contributed by atoms with van der Waals surface area (Å²) in [5.74, 6) is 0.887. The van der Waals surface area contributed by atoms with Crippen molar-refractivity contribution in [3.63, 3.8) is 0 Å². The molecule has 1 aromatic carbocycles. The lowest BCUT2D eigenvalue weighted by Crippen LogP contribution is -2.29. The lowest BCUT2D eigenvalue weighted by molar-refractivity contribution is 0.338. The maximum Gasteiger partial charge on any atom is 0.328 e. The van der Waals surface area contributed by atoms with Crippen molar-refractivity contribution in [1.82, 2.24) is 9.55 Å². The number of aryl methyl sites for hydroxylation is 3. The second kappa shape index (κ2) is 6.23. The van der Waals surface area contributed by atoms with E-state index in [2.05, 4.69) is 11.1 Å². The molecule has 0 fully saturated rings. The number of rotatable bonds is 5. The SMILES string of the molecule is CCOc1ccc(CCn2ccc(=O)[nH]c2=O)cc1C. The summed E-state index contributed by atoms with van der Waals surface area (Å²) in [7, 11) is 0.